The number of aromatic amines is 1. The fourth-order valence-corrected chi connectivity index (χ4v) is 3.54. The Morgan fingerprint density at radius 1 is 1.39 bits per heavy atom. The Bertz CT molecular complexity index is 768. The summed E-state index contributed by atoms with van der Waals surface area (Å²) in [4.78, 5) is 32.4. The van der Waals surface area contributed by atoms with Crippen LogP contribution in [0.4, 0.5) is 0 Å². The number of aryl methyl sites for hydroxylation is 1. The third-order valence-electron chi connectivity index (χ3n) is 4.30. The van der Waals surface area contributed by atoms with Crippen LogP contribution in [0.1, 0.15) is 30.1 Å². The fraction of sp³-hybridized carbons (Fsp3) is 0.533. The first-order chi connectivity index (χ1) is 11.0. The van der Waals surface area contributed by atoms with Gasteiger partial charge in [-0.2, -0.15) is 0 Å². The van der Waals surface area contributed by atoms with E-state index in [4.69, 9.17) is 0 Å². The second-order valence-electron chi connectivity index (χ2n) is 5.95. The molecule has 0 bridgehead atoms. The molecular weight excluding hydrogens is 316 g/mol. The topological polar surface area (TPSA) is 91.2 Å². The van der Waals surface area contributed by atoms with Crippen LogP contribution in [0.2, 0.25) is 0 Å². The van der Waals surface area contributed by atoms with Gasteiger partial charge in [-0.25, -0.2) is 9.78 Å². The van der Waals surface area contributed by atoms with E-state index < -0.39 is 11.8 Å². The molecule has 0 unspecified atom stereocenters. The number of hydrogen-bond donors (Lipinski definition) is 2. The average molecular weight is 336 g/mol. The zero-order valence-electron chi connectivity index (χ0n) is 12.9. The van der Waals surface area contributed by atoms with Crippen molar-refractivity contribution in [3.05, 3.63) is 49.2 Å². The van der Waals surface area contributed by atoms with Gasteiger partial charge in [0.25, 0.3) is 5.56 Å². The second-order valence-corrected chi connectivity index (χ2v) is 6.67. The van der Waals surface area contributed by atoms with Crippen molar-refractivity contribution in [1.82, 2.24) is 19.4 Å². The molecule has 0 radical (unpaired) electrons. The molecule has 0 aliphatic carbocycles. The van der Waals surface area contributed by atoms with Gasteiger partial charge in [-0.05, 0) is 19.8 Å². The molecule has 2 aromatic rings. The fourth-order valence-electron chi connectivity index (χ4n) is 2.99. The van der Waals surface area contributed by atoms with Gasteiger partial charge < -0.3 is 5.11 Å². The molecule has 0 spiro atoms. The molecule has 3 rings (SSSR count). The summed E-state index contributed by atoms with van der Waals surface area (Å²) in [6.45, 7) is 3.94. The molecule has 8 heteroatoms. The van der Waals surface area contributed by atoms with Gasteiger partial charge in [-0.1, -0.05) is 0 Å². The van der Waals surface area contributed by atoms with E-state index in [0.29, 0.717) is 18.4 Å². The van der Waals surface area contributed by atoms with E-state index >= 15 is 0 Å². The average Bonchev–Trinajstić information content (AvgIpc) is 2.95. The Morgan fingerprint density at radius 3 is 2.91 bits per heavy atom. The molecule has 0 amide bonds. The molecule has 23 heavy (non-hydrogen) atoms. The quantitative estimate of drug-likeness (QED) is 0.852. The molecule has 124 valence electrons. The lowest BCUT2D eigenvalue weighted by Crippen LogP contribution is -2.37. The summed E-state index contributed by atoms with van der Waals surface area (Å²) in [6, 6.07) is -0.321. The molecule has 2 N–H and O–H groups in total. The normalized spacial score (nSPS) is 22.9. The maximum atomic E-state index is 12.1. The van der Waals surface area contributed by atoms with Gasteiger partial charge >= 0.3 is 5.69 Å². The van der Waals surface area contributed by atoms with Crippen LogP contribution in [0, 0.1) is 6.92 Å². The van der Waals surface area contributed by atoms with Gasteiger partial charge in [-0.3, -0.25) is 19.2 Å². The zero-order chi connectivity index (χ0) is 16.4. The van der Waals surface area contributed by atoms with Crippen molar-refractivity contribution in [2.75, 3.05) is 13.1 Å². The molecule has 0 saturated carbocycles. The van der Waals surface area contributed by atoms with Crippen molar-refractivity contribution in [3.63, 3.8) is 0 Å². The number of aliphatic hydroxyl groups excluding tert-OH is 1. The maximum absolute atomic E-state index is 12.1. The molecule has 2 aromatic heterocycles. The molecule has 1 aliphatic heterocycles. The van der Waals surface area contributed by atoms with Crippen molar-refractivity contribution in [2.24, 2.45) is 0 Å². The molecule has 1 saturated heterocycles. The number of rotatable bonds is 3. The lowest BCUT2D eigenvalue weighted by Gasteiger charge is -2.22. The minimum Gasteiger partial charge on any atom is -0.391 e. The van der Waals surface area contributed by atoms with Gasteiger partial charge in [0, 0.05) is 36.8 Å². The molecule has 1 fully saturated rings. The number of H-pyrrole nitrogens is 1. The van der Waals surface area contributed by atoms with E-state index in [1.165, 1.54) is 4.57 Å². The highest BCUT2D eigenvalue weighted by atomic mass is 32.1. The Balaban J connectivity index is 1.78. The highest BCUT2D eigenvalue weighted by Gasteiger charge is 2.27. The van der Waals surface area contributed by atoms with Crippen molar-refractivity contribution in [1.29, 1.82) is 0 Å². The number of aliphatic hydroxyl groups is 1. The Labute approximate surface area is 137 Å². The van der Waals surface area contributed by atoms with Gasteiger partial charge in [0.15, 0.2) is 0 Å². The van der Waals surface area contributed by atoms with E-state index in [-0.39, 0.29) is 11.6 Å². The monoisotopic (exact) mass is 336 g/mol. The van der Waals surface area contributed by atoms with E-state index in [9.17, 15) is 14.7 Å². The predicted molar refractivity (Wildman–Crippen MR) is 87.7 cm³/mol. The summed E-state index contributed by atoms with van der Waals surface area (Å²) in [6.07, 6.45) is 2.17. The van der Waals surface area contributed by atoms with Crippen LogP contribution in [0.15, 0.2) is 26.7 Å². The Hall–Kier alpha value is -1.77. The van der Waals surface area contributed by atoms with Crippen molar-refractivity contribution in [2.45, 2.75) is 38.5 Å². The summed E-state index contributed by atoms with van der Waals surface area (Å²) >= 11 is 1.57. The third-order valence-corrected chi connectivity index (χ3v) is 4.93. The lowest BCUT2D eigenvalue weighted by molar-refractivity contribution is 0.105. The van der Waals surface area contributed by atoms with E-state index in [1.807, 2.05) is 10.9 Å². The summed E-state index contributed by atoms with van der Waals surface area (Å²) in [5, 5.41) is 12.5. The summed E-state index contributed by atoms with van der Waals surface area (Å²) in [5.74, 6) is 0. The third kappa shape index (κ3) is 3.60. The lowest BCUT2D eigenvalue weighted by atomic mass is 10.1. The van der Waals surface area contributed by atoms with Crippen molar-refractivity contribution in [3.8, 4) is 0 Å². The molecule has 7 nitrogen and oxygen atoms in total. The minimum absolute atomic E-state index is 0.321. The van der Waals surface area contributed by atoms with Gasteiger partial charge in [0.05, 0.1) is 23.4 Å². The van der Waals surface area contributed by atoms with Gasteiger partial charge in [-0.15, -0.1) is 11.3 Å². The SMILES string of the molecule is Cc1cn([C@H]2CCN(Cc3cscn3)CC[C@@H]2O)c(=O)[nH]c1=O. The first-order valence-electron chi connectivity index (χ1n) is 7.64. The Morgan fingerprint density at radius 2 is 2.17 bits per heavy atom. The van der Waals surface area contributed by atoms with E-state index in [0.717, 1.165) is 25.3 Å². The van der Waals surface area contributed by atoms with E-state index in [1.54, 1.807) is 24.5 Å². The highest BCUT2D eigenvalue weighted by Crippen LogP contribution is 2.23. The van der Waals surface area contributed by atoms with Crippen LogP contribution in [-0.2, 0) is 6.54 Å². The van der Waals surface area contributed by atoms with Crippen molar-refractivity contribution >= 4 is 11.3 Å². The number of nitrogens with zero attached hydrogens (tertiary/aromatic N) is 3. The molecule has 2 atom stereocenters. The summed E-state index contributed by atoms with van der Waals surface area (Å²) < 4.78 is 1.47. The van der Waals surface area contributed by atoms with Crippen LogP contribution in [-0.4, -0.2) is 43.7 Å². The number of hydrogen-bond acceptors (Lipinski definition) is 6. The molecule has 3 heterocycles. The predicted octanol–water partition coefficient (Wildman–Crippen LogP) is 0.500. The summed E-state index contributed by atoms with van der Waals surface area (Å²) in [5.41, 5.74) is 2.48. The molecule has 0 aromatic carbocycles. The summed E-state index contributed by atoms with van der Waals surface area (Å²) in [7, 11) is 0. The molecular formula is C15H20N4O3S. The second kappa shape index (κ2) is 6.77. The number of nitrogens with one attached hydrogen (secondary N) is 1. The van der Waals surface area contributed by atoms with Crippen LogP contribution in [0.5, 0.6) is 0 Å². The first-order valence-corrected chi connectivity index (χ1v) is 8.58. The molecule has 1 aliphatic rings. The van der Waals surface area contributed by atoms with Crippen LogP contribution in [0.3, 0.4) is 0 Å². The van der Waals surface area contributed by atoms with Gasteiger partial charge in [0.2, 0.25) is 0 Å². The smallest absolute Gasteiger partial charge is 0.328 e. The standard InChI is InChI=1S/C15H20N4O3S/c1-10-6-19(15(22)17-14(10)21)12-2-4-18(5-3-13(12)20)7-11-8-23-9-16-11/h6,8-9,12-13,20H,2-5,7H2,1H3,(H,17,21,22)/t12-,13-/m0/s1. The number of thiazole rings is 1. The maximum Gasteiger partial charge on any atom is 0.328 e. The van der Waals surface area contributed by atoms with Gasteiger partial charge in [0.1, 0.15) is 0 Å². The largest absolute Gasteiger partial charge is 0.391 e. The first kappa shape index (κ1) is 16.1. The minimum atomic E-state index is -0.613. The zero-order valence-corrected chi connectivity index (χ0v) is 13.8. The van der Waals surface area contributed by atoms with Crippen molar-refractivity contribution < 1.29 is 5.11 Å². The highest BCUT2D eigenvalue weighted by molar-refractivity contribution is 7.07. The van der Waals surface area contributed by atoms with Crippen LogP contribution < -0.4 is 11.2 Å². The Kier molecular flexibility index (Phi) is 4.74. The van der Waals surface area contributed by atoms with E-state index in [2.05, 4.69) is 14.9 Å². The van der Waals surface area contributed by atoms with Crippen LogP contribution >= 0.6 is 11.3 Å². The van der Waals surface area contributed by atoms with Crippen LogP contribution in [0.25, 0.3) is 0 Å². The number of likely N-dealkylation sites (tertiary alicyclic amines) is 1. The number of aromatic nitrogens is 3.